The summed E-state index contributed by atoms with van der Waals surface area (Å²) in [6, 6.07) is 10.3. The number of hydrogen-bond donors (Lipinski definition) is 1. The van der Waals surface area contributed by atoms with Crippen LogP contribution in [-0.2, 0) is 0 Å². The van der Waals surface area contributed by atoms with E-state index >= 15 is 0 Å². The zero-order chi connectivity index (χ0) is 20.1. The van der Waals surface area contributed by atoms with Crippen LogP contribution in [-0.4, -0.2) is 51.3 Å². The monoisotopic (exact) mass is 383 g/mol. The van der Waals surface area contributed by atoms with Gasteiger partial charge >= 0.3 is 0 Å². The van der Waals surface area contributed by atoms with Crippen molar-refractivity contribution >= 4 is 5.91 Å². The van der Waals surface area contributed by atoms with Gasteiger partial charge in [0.15, 0.2) is 5.82 Å². The van der Waals surface area contributed by atoms with Gasteiger partial charge in [-0.25, -0.2) is 9.07 Å². The summed E-state index contributed by atoms with van der Waals surface area (Å²) in [6.45, 7) is 5.79. The van der Waals surface area contributed by atoms with E-state index in [4.69, 9.17) is 0 Å². The van der Waals surface area contributed by atoms with E-state index in [2.05, 4.69) is 36.2 Å². The Labute approximate surface area is 164 Å². The highest BCUT2D eigenvalue weighted by atomic mass is 19.1. The first-order chi connectivity index (χ1) is 13.5. The second kappa shape index (κ2) is 8.84. The lowest BCUT2D eigenvalue weighted by Crippen LogP contribution is -2.31. The van der Waals surface area contributed by atoms with Gasteiger partial charge in [0.2, 0.25) is 0 Å². The number of benzene rings is 1. The Bertz CT molecular complexity index is 900. The molecule has 0 saturated heterocycles. The van der Waals surface area contributed by atoms with Crippen LogP contribution in [0.2, 0.25) is 0 Å². The summed E-state index contributed by atoms with van der Waals surface area (Å²) in [5.41, 5.74) is 1.15. The van der Waals surface area contributed by atoms with Crippen LogP contribution in [0.25, 0.3) is 11.5 Å². The van der Waals surface area contributed by atoms with Crippen molar-refractivity contribution < 1.29 is 9.18 Å². The Hall–Kier alpha value is -2.93. The number of carbonyl (C=O) groups is 1. The first kappa shape index (κ1) is 19.8. The zero-order valence-electron chi connectivity index (χ0n) is 16.5. The number of hydrogen-bond acceptors (Lipinski definition) is 3. The van der Waals surface area contributed by atoms with Gasteiger partial charge < -0.3 is 14.8 Å². The van der Waals surface area contributed by atoms with Gasteiger partial charge in [-0.15, -0.1) is 0 Å². The number of aromatic nitrogens is 3. The van der Waals surface area contributed by atoms with Crippen LogP contribution < -0.4 is 5.32 Å². The van der Waals surface area contributed by atoms with Gasteiger partial charge in [-0.2, -0.15) is 5.10 Å². The summed E-state index contributed by atoms with van der Waals surface area (Å²) in [5.74, 6) is 0.125. The first-order valence-corrected chi connectivity index (χ1v) is 9.43. The first-order valence-electron chi connectivity index (χ1n) is 9.43. The molecular weight excluding hydrogens is 357 g/mol. The number of rotatable bonds is 8. The van der Waals surface area contributed by atoms with Crippen LogP contribution in [0, 0.1) is 5.82 Å². The maximum atomic E-state index is 13.3. The van der Waals surface area contributed by atoms with Crippen LogP contribution in [0.1, 0.15) is 30.6 Å². The number of nitrogens with zero attached hydrogens (tertiary/aromatic N) is 4. The molecule has 1 aromatic carbocycles. The highest BCUT2D eigenvalue weighted by molar-refractivity contribution is 5.97. The minimum Gasteiger partial charge on any atom is -0.352 e. The highest BCUT2D eigenvalue weighted by Crippen LogP contribution is 2.20. The molecule has 2 aromatic heterocycles. The second-order valence-electron chi connectivity index (χ2n) is 7.04. The van der Waals surface area contributed by atoms with Crippen LogP contribution in [0.4, 0.5) is 4.39 Å². The topological polar surface area (TPSA) is 55.1 Å². The normalized spacial score (nSPS) is 11.4. The average molecular weight is 383 g/mol. The number of nitrogens with one attached hydrogen (secondary N) is 1. The quantitative estimate of drug-likeness (QED) is 0.608. The molecule has 0 aliphatic carbocycles. The number of carbonyl (C=O) groups excluding carboxylic acids is 1. The molecule has 0 aliphatic heterocycles. The Morgan fingerprint density at radius 2 is 1.89 bits per heavy atom. The van der Waals surface area contributed by atoms with Crippen molar-refractivity contribution in [2.45, 2.75) is 26.3 Å². The van der Waals surface area contributed by atoms with Crippen LogP contribution in [0.3, 0.4) is 0 Å². The van der Waals surface area contributed by atoms with E-state index in [1.54, 1.807) is 23.0 Å². The maximum Gasteiger partial charge on any atom is 0.256 e. The molecule has 0 radical (unpaired) electrons. The van der Waals surface area contributed by atoms with Crippen LogP contribution in [0.15, 0.2) is 55.0 Å². The van der Waals surface area contributed by atoms with Crippen molar-refractivity contribution in [2.75, 3.05) is 20.1 Å². The standard InChI is InChI=1S/C21H26FN5O/c1-16(2)25(3)12-6-11-23-20(28)19-15-24-27(18-9-7-17(22)8-10-18)21(19)26-13-4-5-14-26/h4-5,7-10,13-16H,6,11-12H2,1-3H3,(H,23,28). The van der Waals surface area contributed by atoms with E-state index in [1.165, 1.54) is 12.1 Å². The van der Waals surface area contributed by atoms with Crippen LogP contribution >= 0.6 is 0 Å². The van der Waals surface area contributed by atoms with Gasteiger partial charge in [0.1, 0.15) is 11.4 Å². The lowest BCUT2D eigenvalue weighted by Gasteiger charge is -2.20. The Morgan fingerprint density at radius 3 is 2.54 bits per heavy atom. The summed E-state index contributed by atoms with van der Waals surface area (Å²) in [6.07, 6.45) is 6.12. The molecule has 0 atom stereocenters. The lowest BCUT2D eigenvalue weighted by molar-refractivity contribution is 0.0951. The third-order valence-electron chi connectivity index (χ3n) is 4.76. The second-order valence-corrected chi connectivity index (χ2v) is 7.04. The molecule has 7 heteroatoms. The predicted molar refractivity (Wildman–Crippen MR) is 108 cm³/mol. The molecule has 28 heavy (non-hydrogen) atoms. The van der Waals surface area contributed by atoms with Crippen molar-refractivity contribution in [3.05, 3.63) is 66.4 Å². The summed E-state index contributed by atoms with van der Waals surface area (Å²) in [4.78, 5) is 15.0. The van der Waals surface area contributed by atoms with Crippen LogP contribution in [0.5, 0.6) is 0 Å². The minimum atomic E-state index is -0.317. The van der Waals surface area contributed by atoms with E-state index in [9.17, 15) is 9.18 Å². The molecule has 6 nitrogen and oxygen atoms in total. The molecular formula is C21H26FN5O. The van der Waals surface area contributed by atoms with Gasteiger partial charge in [-0.3, -0.25) is 4.79 Å². The molecule has 0 unspecified atom stereocenters. The van der Waals surface area contributed by atoms with E-state index in [1.807, 2.05) is 29.1 Å². The molecule has 3 rings (SSSR count). The lowest BCUT2D eigenvalue weighted by atomic mass is 10.2. The SMILES string of the molecule is CC(C)N(C)CCCNC(=O)c1cnn(-c2ccc(F)cc2)c1-n1cccc1. The predicted octanol–water partition coefficient (Wildman–Crippen LogP) is 3.26. The van der Waals surface area contributed by atoms with Gasteiger partial charge in [-0.05, 0) is 70.3 Å². The molecule has 0 saturated carbocycles. The molecule has 148 valence electrons. The molecule has 3 aromatic rings. The molecule has 0 bridgehead atoms. The highest BCUT2D eigenvalue weighted by Gasteiger charge is 2.19. The van der Waals surface area contributed by atoms with Crippen molar-refractivity contribution in [1.29, 1.82) is 0 Å². The molecule has 1 amide bonds. The smallest absolute Gasteiger partial charge is 0.256 e. The van der Waals surface area contributed by atoms with E-state index in [0.717, 1.165) is 13.0 Å². The minimum absolute atomic E-state index is 0.177. The molecule has 1 N–H and O–H groups in total. The fourth-order valence-corrected chi connectivity index (χ4v) is 2.88. The van der Waals surface area contributed by atoms with Gasteiger partial charge in [0, 0.05) is 25.0 Å². The van der Waals surface area contributed by atoms with Crippen molar-refractivity contribution in [1.82, 2.24) is 24.6 Å². The molecule has 2 heterocycles. The summed E-state index contributed by atoms with van der Waals surface area (Å²) in [7, 11) is 2.07. The number of amides is 1. The summed E-state index contributed by atoms with van der Waals surface area (Å²) < 4.78 is 16.8. The third-order valence-corrected chi connectivity index (χ3v) is 4.76. The molecule has 0 fully saturated rings. The Kier molecular flexibility index (Phi) is 6.26. The molecule has 0 aliphatic rings. The Balaban J connectivity index is 1.79. The van der Waals surface area contributed by atoms with Gasteiger partial charge in [-0.1, -0.05) is 0 Å². The number of halogens is 1. The van der Waals surface area contributed by atoms with E-state index in [0.29, 0.717) is 29.7 Å². The van der Waals surface area contributed by atoms with E-state index < -0.39 is 0 Å². The van der Waals surface area contributed by atoms with Gasteiger partial charge in [0.05, 0.1) is 11.9 Å². The van der Waals surface area contributed by atoms with Gasteiger partial charge in [0.25, 0.3) is 5.91 Å². The zero-order valence-corrected chi connectivity index (χ0v) is 16.5. The third kappa shape index (κ3) is 4.48. The summed E-state index contributed by atoms with van der Waals surface area (Å²) >= 11 is 0. The fraction of sp³-hybridized carbons (Fsp3) is 0.333. The largest absolute Gasteiger partial charge is 0.352 e. The fourth-order valence-electron chi connectivity index (χ4n) is 2.88. The van der Waals surface area contributed by atoms with Crippen molar-refractivity contribution in [2.24, 2.45) is 0 Å². The van der Waals surface area contributed by atoms with E-state index in [-0.39, 0.29) is 11.7 Å². The van der Waals surface area contributed by atoms with Crippen molar-refractivity contribution in [3.63, 3.8) is 0 Å². The maximum absolute atomic E-state index is 13.3. The molecule has 0 spiro atoms. The Morgan fingerprint density at radius 1 is 1.21 bits per heavy atom. The average Bonchev–Trinajstić information content (AvgIpc) is 3.34. The van der Waals surface area contributed by atoms with Crippen molar-refractivity contribution in [3.8, 4) is 11.5 Å². The summed E-state index contributed by atoms with van der Waals surface area (Å²) in [5, 5.41) is 7.35.